The number of hydrogen-bond acceptors (Lipinski definition) is 5. The highest BCUT2D eigenvalue weighted by molar-refractivity contribution is 7.89. The number of halogens is 2. The van der Waals surface area contributed by atoms with Gasteiger partial charge in [-0.15, -0.1) is 0 Å². The van der Waals surface area contributed by atoms with E-state index in [-0.39, 0.29) is 33.6 Å². The lowest BCUT2D eigenvalue weighted by Crippen LogP contribution is -2.40. The molecule has 0 saturated carbocycles. The number of aromatic nitrogens is 1. The van der Waals surface area contributed by atoms with Crippen molar-refractivity contribution in [2.45, 2.75) is 11.3 Å². The number of amides is 1. The van der Waals surface area contributed by atoms with Crippen LogP contribution in [-0.2, 0) is 21.2 Å². The van der Waals surface area contributed by atoms with Crippen LogP contribution in [0.2, 0.25) is 10.0 Å². The van der Waals surface area contributed by atoms with Crippen molar-refractivity contribution < 1.29 is 17.9 Å². The molecule has 0 spiro atoms. The van der Waals surface area contributed by atoms with E-state index < -0.39 is 15.9 Å². The van der Waals surface area contributed by atoms with Crippen LogP contribution < -0.4 is 5.32 Å². The van der Waals surface area contributed by atoms with E-state index in [0.29, 0.717) is 26.2 Å². The Labute approximate surface area is 196 Å². The Morgan fingerprint density at radius 2 is 1.84 bits per heavy atom. The molecule has 1 fully saturated rings. The van der Waals surface area contributed by atoms with Crippen LogP contribution in [0.5, 0.6) is 0 Å². The van der Waals surface area contributed by atoms with Crippen LogP contribution in [0.1, 0.15) is 15.9 Å². The predicted molar refractivity (Wildman–Crippen MR) is 124 cm³/mol. The molecule has 1 aliphatic heterocycles. The maximum Gasteiger partial charge on any atom is 0.252 e. The Balaban J connectivity index is 1.51. The first-order valence-corrected chi connectivity index (χ1v) is 12.3. The molecule has 32 heavy (non-hydrogen) atoms. The Bertz CT molecular complexity index is 1260. The third-order valence-electron chi connectivity index (χ3n) is 5.25. The molecule has 1 aliphatic rings. The van der Waals surface area contributed by atoms with Gasteiger partial charge in [0.25, 0.3) is 5.91 Å². The highest BCUT2D eigenvalue weighted by Gasteiger charge is 2.30. The van der Waals surface area contributed by atoms with Gasteiger partial charge in [-0.1, -0.05) is 47.5 Å². The van der Waals surface area contributed by atoms with Crippen LogP contribution in [-0.4, -0.2) is 56.5 Å². The number of morpholine rings is 1. The van der Waals surface area contributed by atoms with Gasteiger partial charge in [0.2, 0.25) is 10.0 Å². The number of nitrogens with zero attached hydrogens (tertiary/aromatic N) is 2. The van der Waals surface area contributed by atoms with Gasteiger partial charge in [-0.2, -0.15) is 4.31 Å². The number of carbonyl (C=O) groups is 1. The first kappa shape index (κ1) is 22.9. The van der Waals surface area contributed by atoms with Crippen LogP contribution in [0.15, 0.2) is 53.6 Å². The number of hydrogen-bond donors (Lipinski definition) is 1. The van der Waals surface area contributed by atoms with E-state index >= 15 is 0 Å². The molecular formula is C22H21Cl2N3O4S. The van der Waals surface area contributed by atoms with Gasteiger partial charge in [0.05, 0.1) is 34.3 Å². The molecule has 1 N–H and O–H groups in total. The summed E-state index contributed by atoms with van der Waals surface area (Å²) in [5, 5.41) is 3.89. The summed E-state index contributed by atoms with van der Waals surface area (Å²) in [6, 6.07) is 12.3. The van der Waals surface area contributed by atoms with Crippen molar-refractivity contribution in [3.8, 4) is 0 Å². The molecule has 1 amide bonds. The fourth-order valence-corrected chi connectivity index (χ4v) is 5.84. The molecule has 10 heteroatoms. The lowest BCUT2D eigenvalue weighted by molar-refractivity contribution is 0.0730. The normalized spacial score (nSPS) is 15.1. The molecule has 1 aromatic heterocycles. The fraction of sp³-hybridized carbons (Fsp3) is 0.273. The summed E-state index contributed by atoms with van der Waals surface area (Å²) >= 11 is 12.4. The molecule has 3 aromatic rings. The summed E-state index contributed by atoms with van der Waals surface area (Å²) in [7, 11) is -3.88. The lowest BCUT2D eigenvalue weighted by atomic mass is 10.1. The number of sulfonamides is 1. The number of para-hydroxylation sites is 1. The molecule has 0 radical (unpaired) electrons. The van der Waals surface area contributed by atoms with Crippen molar-refractivity contribution in [1.29, 1.82) is 0 Å². The zero-order valence-corrected chi connectivity index (χ0v) is 19.4. The average Bonchev–Trinajstić information content (AvgIpc) is 2.79. The number of fused-ring (bicyclic) bond motifs is 1. The smallest absolute Gasteiger partial charge is 0.252 e. The van der Waals surface area contributed by atoms with Crippen LogP contribution in [0.3, 0.4) is 0 Å². The van der Waals surface area contributed by atoms with E-state index in [1.54, 1.807) is 6.20 Å². The Morgan fingerprint density at radius 1 is 1.09 bits per heavy atom. The van der Waals surface area contributed by atoms with Crippen molar-refractivity contribution in [2.24, 2.45) is 0 Å². The van der Waals surface area contributed by atoms with Crippen molar-refractivity contribution in [3.05, 3.63) is 69.8 Å². The van der Waals surface area contributed by atoms with Crippen molar-refractivity contribution in [2.75, 3.05) is 32.8 Å². The molecule has 0 aliphatic carbocycles. The van der Waals surface area contributed by atoms with Crippen LogP contribution in [0, 0.1) is 0 Å². The number of nitrogens with one attached hydrogen (secondary N) is 1. The van der Waals surface area contributed by atoms with E-state index in [1.165, 1.54) is 16.4 Å². The van der Waals surface area contributed by atoms with Crippen LogP contribution in [0.25, 0.3) is 10.9 Å². The monoisotopic (exact) mass is 493 g/mol. The second-order valence-electron chi connectivity index (χ2n) is 7.28. The third kappa shape index (κ3) is 4.74. The van der Waals surface area contributed by atoms with Crippen molar-refractivity contribution in [1.82, 2.24) is 14.6 Å². The quantitative estimate of drug-likeness (QED) is 0.567. The topological polar surface area (TPSA) is 88.6 Å². The van der Waals surface area contributed by atoms with E-state index in [0.717, 1.165) is 16.5 Å². The van der Waals surface area contributed by atoms with Gasteiger partial charge in [0.1, 0.15) is 4.90 Å². The standard InChI is InChI=1S/C22H21Cl2N3O4S/c23-18-14-19(24)20(32(29,30)27-9-11-31-12-10-27)13-17(18)22(28)26-8-6-16-4-1-3-15-5-2-7-25-21(15)16/h1-5,7,13-14H,6,8-12H2,(H,26,28). The van der Waals surface area contributed by atoms with E-state index in [1.807, 2.05) is 30.3 Å². The molecular weight excluding hydrogens is 473 g/mol. The minimum Gasteiger partial charge on any atom is -0.379 e. The molecule has 168 valence electrons. The van der Waals surface area contributed by atoms with Crippen LogP contribution >= 0.6 is 23.2 Å². The number of rotatable bonds is 6. The van der Waals surface area contributed by atoms with Gasteiger partial charge >= 0.3 is 0 Å². The van der Waals surface area contributed by atoms with Gasteiger partial charge in [0.15, 0.2) is 0 Å². The second kappa shape index (κ2) is 9.72. The van der Waals surface area contributed by atoms with Crippen LogP contribution in [0.4, 0.5) is 0 Å². The molecule has 0 unspecified atom stereocenters. The SMILES string of the molecule is O=C(NCCc1cccc2cccnc12)c1cc(S(=O)(=O)N2CCOCC2)c(Cl)cc1Cl. The van der Waals surface area contributed by atoms with E-state index in [9.17, 15) is 13.2 Å². The highest BCUT2D eigenvalue weighted by Crippen LogP contribution is 2.31. The highest BCUT2D eigenvalue weighted by atomic mass is 35.5. The minimum absolute atomic E-state index is 0.0279. The second-order valence-corrected chi connectivity index (χ2v) is 10.00. The summed E-state index contributed by atoms with van der Waals surface area (Å²) < 4.78 is 32.6. The molecule has 4 rings (SSSR count). The Morgan fingerprint density at radius 3 is 2.62 bits per heavy atom. The summed E-state index contributed by atoms with van der Waals surface area (Å²) in [5.74, 6) is -0.474. The average molecular weight is 494 g/mol. The predicted octanol–water partition coefficient (Wildman–Crippen LogP) is 3.54. The van der Waals surface area contributed by atoms with E-state index in [4.69, 9.17) is 27.9 Å². The maximum atomic E-state index is 13.0. The lowest BCUT2D eigenvalue weighted by Gasteiger charge is -2.26. The van der Waals surface area contributed by atoms with Gasteiger partial charge in [-0.25, -0.2) is 8.42 Å². The van der Waals surface area contributed by atoms with Gasteiger partial charge in [-0.3, -0.25) is 9.78 Å². The fourth-order valence-electron chi connectivity index (χ4n) is 3.60. The third-order valence-corrected chi connectivity index (χ3v) is 7.93. The molecule has 1 saturated heterocycles. The summed E-state index contributed by atoms with van der Waals surface area (Å²) in [5.41, 5.74) is 1.94. The molecule has 2 heterocycles. The molecule has 7 nitrogen and oxygen atoms in total. The first-order chi connectivity index (χ1) is 15.4. The maximum absolute atomic E-state index is 13.0. The number of ether oxygens (including phenoxy) is 1. The Hall–Kier alpha value is -2.23. The van der Waals surface area contributed by atoms with Gasteiger partial charge in [-0.05, 0) is 30.2 Å². The van der Waals surface area contributed by atoms with Gasteiger partial charge < -0.3 is 10.1 Å². The zero-order chi connectivity index (χ0) is 22.7. The van der Waals surface area contributed by atoms with Gasteiger partial charge in [0, 0.05) is 31.2 Å². The van der Waals surface area contributed by atoms with E-state index in [2.05, 4.69) is 10.3 Å². The molecule has 0 atom stereocenters. The largest absolute Gasteiger partial charge is 0.379 e. The Kier molecular flexibility index (Phi) is 6.97. The number of benzene rings is 2. The van der Waals surface area contributed by atoms with Crippen molar-refractivity contribution in [3.63, 3.8) is 0 Å². The number of carbonyl (C=O) groups excluding carboxylic acids is 1. The number of pyridine rings is 1. The summed E-state index contributed by atoms with van der Waals surface area (Å²) in [6.07, 6.45) is 2.29. The zero-order valence-electron chi connectivity index (χ0n) is 17.1. The molecule has 2 aromatic carbocycles. The van der Waals surface area contributed by atoms with Crippen molar-refractivity contribution >= 4 is 50.0 Å². The first-order valence-electron chi connectivity index (χ1n) is 10.1. The summed E-state index contributed by atoms with van der Waals surface area (Å²) in [4.78, 5) is 17.1. The molecule has 0 bridgehead atoms. The summed E-state index contributed by atoms with van der Waals surface area (Å²) in [6.45, 7) is 1.39. The minimum atomic E-state index is -3.88.